The minimum Gasteiger partial charge on any atom is -0.348 e. The molecule has 2 unspecified atom stereocenters. The Morgan fingerprint density at radius 3 is 2.63 bits per heavy atom. The van der Waals surface area contributed by atoms with Crippen LogP contribution in [0.25, 0.3) is 0 Å². The SMILES string of the molecule is Cl.NC1CC2CCCC(C1)C2NC(=O)c1cnns1. The maximum absolute atomic E-state index is 12.1. The van der Waals surface area contributed by atoms with Crippen molar-refractivity contribution < 1.29 is 4.79 Å². The van der Waals surface area contributed by atoms with Gasteiger partial charge in [-0.15, -0.1) is 17.5 Å². The van der Waals surface area contributed by atoms with Crippen LogP contribution in [-0.4, -0.2) is 27.6 Å². The molecule has 3 rings (SSSR count). The fraction of sp³-hybridized carbons (Fsp3) is 0.750. The molecule has 1 aromatic heterocycles. The Morgan fingerprint density at radius 1 is 1.37 bits per heavy atom. The lowest BCUT2D eigenvalue weighted by Gasteiger charge is -2.45. The van der Waals surface area contributed by atoms with Gasteiger partial charge in [0, 0.05) is 12.1 Å². The van der Waals surface area contributed by atoms with Crippen LogP contribution in [0.2, 0.25) is 0 Å². The van der Waals surface area contributed by atoms with Gasteiger partial charge in [0.2, 0.25) is 0 Å². The Balaban J connectivity index is 0.00000133. The lowest BCUT2D eigenvalue weighted by Crippen LogP contribution is -2.53. The number of carbonyl (C=O) groups is 1. The van der Waals surface area contributed by atoms with E-state index >= 15 is 0 Å². The highest BCUT2D eigenvalue weighted by atomic mass is 35.5. The maximum Gasteiger partial charge on any atom is 0.264 e. The normalized spacial score (nSPS) is 33.3. The first-order valence-electron chi connectivity index (χ1n) is 6.58. The number of carbonyl (C=O) groups excluding carboxylic acids is 1. The minimum atomic E-state index is -0.0256. The second-order valence-corrected chi connectivity index (χ2v) is 6.25. The number of amides is 1. The second kappa shape index (κ2) is 6.15. The first kappa shape index (κ1) is 14.7. The zero-order valence-electron chi connectivity index (χ0n) is 10.6. The summed E-state index contributed by atoms with van der Waals surface area (Å²) in [5.41, 5.74) is 6.08. The zero-order valence-corrected chi connectivity index (χ0v) is 12.3. The van der Waals surface area contributed by atoms with E-state index in [9.17, 15) is 4.79 Å². The predicted octanol–water partition coefficient (Wildman–Crippen LogP) is 1.60. The number of aromatic nitrogens is 2. The summed E-state index contributed by atoms with van der Waals surface area (Å²) < 4.78 is 3.73. The van der Waals surface area contributed by atoms with Crippen molar-refractivity contribution in [3.05, 3.63) is 11.1 Å². The molecule has 0 aromatic carbocycles. The molecule has 0 saturated heterocycles. The number of hydrogen-bond acceptors (Lipinski definition) is 5. The number of hydrogen-bond donors (Lipinski definition) is 2. The number of halogens is 1. The predicted molar refractivity (Wildman–Crippen MR) is 76.5 cm³/mol. The molecule has 7 heteroatoms. The number of nitrogens with two attached hydrogens (primary N) is 1. The van der Waals surface area contributed by atoms with E-state index in [0.29, 0.717) is 28.8 Å². The van der Waals surface area contributed by atoms with Gasteiger partial charge >= 0.3 is 0 Å². The molecule has 0 radical (unpaired) electrons. The summed E-state index contributed by atoms with van der Waals surface area (Å²) in [4.78, 5) is 12.7. The summed E-state index contributed by atoms with van der Waals surface area (Å²) >= 11 is 1.15. The van der Waals surface area contributed by atoms with Crippen LogP contribution < -0.4 is 11.1 Å². The van der Waals surface area contributed by atoms with Gasteiger partial charge in [-0.05, 0) is 49.1 Å². The monoisotopic (exact) mass is 302 g/mol. The molecule has 0 spiro atoms. The van der Waals surface area contributed by atoms with E-state index in [4.69, 9.17) is 5.73 Å². The maximum atomic E-state index is 12.1. The van der Waals surface area contributed by atoms with Crippen molar-refractivity contribution in [2.45, 2.75) is 44.2 Å². The van der Waals surface area contributed by atoms with Crippen LogP contribution in [0.1, 0.15) is 41.8 Å². The van der Waals surface area contributed by atoms with Crippen LogP contribution >= 0.6 is 23.9 Å². The standard InChI is InChI=1S/C12H18N4OS.ClH/c13-9-4-7-2-1-3-8(5-9)11(7)15-12(17)10-6-14-16-18-10;/h6-9,11H,1-5,13H2,(H,15,17);1H. The fourth-order valence-corrected chi connectivity index (χ4v) is 3.93. The van der Waals surface area contributed by atoms with Crippen LogP contribution in [0.5, 0.6) is 0 Å². The molecule has 106 valence electrons. The summed E-state index contributed by atoms with van der Waals surface area (Å²) in [6.07, 6.45) is 7.28. The van der Waals surface area contributed by atoms with Crippen molar-refractivity contribution in [1.82, 2.24) is 14.9 Å². The van der Waals surface area contributed by atoms with Crippen molar-refractivity contribution >= 4 is 29.8 Å². The van der Waals surface area contributed by atoms with E-state index in [0.717, 1.165) is 24.4 Å². The summed E-state index contributed by atoms with van der Waals surface area (Å²) in [5, 5.41) is 6.89. The molecule has 3 N–H and O–H groups in total. The summed E-state index contributed by atoms with van der Waals surface area (Å²) in [6.45, 7) is 0. The third-order valence-electron chi connectivity index (χ3n) is 4.26. The van der Waals surface area contributed by atoms with Gasteiger partial charge in [0.05, 0.1) is 6.20 Å². The van der Waals surface area contributed by atoms with Crippen molar-refractivity contribution in [3.8, 4) is 0 Å². The van der Waals surface area contributed by atoms with E-state index in [1.54, 1.807) is 0 Å². The van der Waals surface area contributed by atoms with Crippen LogP contribution in [0.15, 0.2) is 6.20 Å². The summed E-state index contributed by atoms with van der Waals surface area (Å²) in [6, 6.07) is 0.617. The quantitative estimate of drug-likeness (QED) is 0.869. The smallest absolute Gasteiger partial charge is 0.264 e. The Hall–Kier alpha value is -0.720. The fourth-order valence-electron chi connectivity index (χ4n) is 3.51. The Kier molecular flexibility index (Phi) is 4.76. The van der Waals surface area contributed by atoms with Crippen LogP contribution in [0, 0.1) is 11.8 Å². The van der Waals surface area contributed by atoms with E-state index in [1.165, 1.54) is 25.5 Å². The topological polar surface area (TPSA) is 80.9 Å². The average Bonchev–Trinajstić information content (AvgIpc) is 2.83. The van der Waals surface area contributed by atoms with Crippen LogP contribution in [0.4, 0.5) is 0 Å². The van der Waals surface area contributed by atoms with E-state index in [2.05, 4.69) is 14.9 Å². The summed E-state index contributed by atoms with van der Waals surface area (Å²) in [5.74, 6) is 1.08. The zero-order chi connectivity index (χ0) is 12.5. The number of fused-ring (bicyclic) bond motifs is 2. The molecule has 2 bridgehead atoms. The third-order valence-corrected chi connectivity index (χ3v) is 4.92. The number of nitrogens with zero attached hydrogens (tertiary/aromatic N) is 2. The first-order valence-corrected chi connectivity index (χ1v) is 7.35. The minimum absolute atomic E-state index is 0. The summed E-state index contributed by atoms with van der Waals surface area (Å²) in [7, 11) is 0. The van der Waals surface area contributed by atoms with E-state index in [1.807, 2.05) is 0 Å². The molecule has 1 amide bonds. The third kappa shape index (κ3) is 3.07. The molecule has 2 atom stereocenters. The largest absolute Gasteiger partial charge is 0.348 e. The van der Waals surface area contributed by atoms with Gasteiger partial charge < -0.3 is 11.1 Å². The van der Waals surface area contributed by atoms with Gasteiger partial charge in [-0.2, -0.15) is 0 Å². The van der Waals surface area contributed by atoms with Gasteiger partial charge in [-0.25, -0.2) is 0 Å². The number of nitrogens with one attached hydrogen (secondary N) is 1. The van der Waals surface area contributed by atoms with Crippen molar-refractivity contribution in [3.63, 3.8) is 0 Å². The average molecular weight is 303 g/mol. The molecular weight excluding hydrogens is 284 g/mol. The van der Waals surface area contributed by atoms with Crippen molar-refractivity contribution in [2.75, 3.05) is 0 Å². The van der Waals surface area contributed by atoms with Crippen LogP contribution in [0.3, 0.4) is 0 Å². The lowest BCUT2D eigenvalue weighted by molar-refractivity contribution is 0.0759. The van der Waals surface area contributed by atoms with Crippen LogP contribution in [-0.2, 0) is 0 Å². The molecule has 19 heavy (non-hydrogen) atoms. The Labute approximate surface area is 122 Å². The molecular formula is C12H19ClN4OS. The molecule has 5 nitrogen and oxygen atoms in total. The van der Waals surface area contributed by atoms with Gasteiger partial charge in [-0.1, -0.05) is 10.9 Å². The molecule has 2 fully saturated rings. The molecule has 2 aliphatic rings. The highest BCUT2D eigenvalue weighted by molar-refractivity contribution is 7.07. The lowest BCUT2D eigenvalue weighted by atomic mass is 9.67. The Morgan fingerprint density at radius 2 is 2.05 bits per heavy atom. The van der Waals surface area contributed by atoms with Gasteiger partial charge in [-0.3, -0.25) is 4.79 Å². The van der Waals surface area contributed by atoms with Gasteiger partial charge in [0.25, 0.3) is 5.91 Å². The first-order chi connectivity index (χ1) is 8.74. The Bertz CT molecular complexity index is 413. The second-order valence-electron chi connectivity index (χ2n) is 5.46. The highest BCUT2D eigenvalue weighted by Gasteiger charge is 2.40. The highest BCUT2D eigenvalue weighted by Crippen LogP contribution is 2.39. The van der Waals surface area contributed by atoms with Gasteiger partial charge in [0.15, 0.2) is 0 Å². The van der Waals surface area contributed by atoms with E-state index in [-0.39, 0.29) is 18.3 Å². The molecule has 1 aromatic rings. The molecule has 1 heterocycles. The molecule has 2 aliphatic carbocycles. The molecule has 2 saturated carbocycles. The van der Waals surface area contributed by atoms with Crippen molar-refractivity contribution in [1.29, 1.82) is 0 Å². The van der Waals surface area contributed by atoms with Crippen molar-refractivity contribution in [2.24, 2.45) is 17.6 Å². The van der Waals surface area contributed by atoms with E-state index < -0.39 is 0 Å². The number of rotatable bonds is 2. The molecule has 0 aliphatic heterocycles. The van der Waals surface area contributed by atoms with Gasteiger partial charge in [0.1, 0.15) is 4.88 Å².